The van der Waals surface area contributed by atoms with Gasteiger partial charge >= 0.3 is 6.18 Å². The highest BCUT2D eigenvalue weighted by molar-refractivity contribution is 5.14. The van der Waals surface area contributed by atoms with E-state index in [0.717, 1.165) is 19.6 Å². The van der Waals surface area contributed by atoms with Crippen molar-refractivity contribution in [2.75, 3.05) is 32.7 Å². The molecule has 0 amide bonds. The molecule has 21 heavy (non-hydrogen) atoms. The van der Waals surface area contributed by atoms with Crippen molar-refractivity contribution in [3.05, 3.63) is 35.9 Å². The van der Waals surface area contributed by atoms with Gasteiger partial charge in [0, 0.05) is 39.3 Å². The van der Waals surface area contributed by atoms with Gasteiger partial charge in [-0.25, -0.2) is 0 Å². The lowest BCUT2D eigenvalue weighted by atomic mass is 10.1. The average Bonchev–Trinajstić information content (AvgIpc) is 2.46. The molecule has 1 aromatic rings. The maximum atomic E-state index is 12.6. The molecule has 1 saturated heterocycles. The maximum absolute atomic E-state index is 12.6. The summed E-state index contributed by atoms with van der Waals surface area (Å²) in [5, 5.41) is 8.63. The Bertz CT molecular complexity index is 473. The highest BCUT2D eigenvalue weighted by Gasteiger charge is 2.41. The number of hydrogen-bond acceptors (Lipinski definition) is 3. The maximum Gasteiger partial charge on any atom is 0.405 e. The van der Waals surface area contributed by atoms with Crippen molar-refractivity contribution >= 4 is 0 Å². The van der Waals surface area contributed by atoms with E-state index in [-0.39, 0.29) is 6.54 Å². The first-order valence-electron chi connectivity index (χ1n) is 6.94. The number of nitriles is 1. The Balaban J connectivity index is 1.80. The van der Waals surface area contributed by atoms with E-state index in [1.165, 1.54) is 11.6 Å². The Hall–Kier alpha value is -1.58. The molecule has 0 bridgehead atoms. The summed E-state index contributed by atoms with van der Waals surface area (Å²) in [4.78, 5) is 3.95. The first-order valence-corrected chi connectivity index (χ1v) is 6.94. The smallest absolute Gasteiger partial charge is 0.299 e. The summed E-state index contributed by atoms with van der Waals surface area (Å²) >= 11 is 0. The molecule has 114 valence electrons. The average molecular weight is 297 g/mol. The minimum atomic E-state index is -4.43. The molecule has 1 aromatic carbocycles. The minimum absolute atomic E-state index is 0.223. The van der Waals surface area contributed by atoms with Crippen LogP contribution in [0.1, 0.15) is 5.56 Å². The zero-order valence-electron chi connectivity index (χ0n) is 11.7. The monoisotopic (exact) mass is 297 g/mol. The predicted octanol–water partition coefficient (Wildman–Crippen LogP) is 2.51. The fourth-order valence-corrected chi connectivity index (χ4v) is 2.45. The van der Waals surface area contributed by atoms with Gasteiger partial charge in [0.05, 0.1) is 6.07 Å². The SMILES string of the molecule is N#CC(CN1CCN(Cc2ccccc2)CC1)C(F)(F)F. The van der Waals surface area contributed by atoms with Crippen LogP contribution in [0.5, 0.6) is 0 Å². The van der Waals surface area contributed by atoms with Gasteiger partial charge in [-0.15, -0.1) is 0 Å². The number of hydrogen-bond donors (Lipinski definition) is 0. The van der Waals surface area contributed by atoms with Crippen molar-refractivity contribution in [1.82, 2.24) is 9.80 Å². The van der Waals surface area contributed by atoms with Crippen LogP contribution < -0.4 is 0 Å². The van der Waals surface area contributed by atoms with Gasteiger partial charge in [-0.3, -0.25) is 9.80 Å². The molecule has 0 saturated carbocycles. The second kappa shape index (κ2) is 6.92. The Morgan fingerprint density at radius 1 is 1.05 bits per heavy atom. The summed E-state index contributed by atoms with van der Waals surface area (Å²) < 4.78 is 37.7. The summed E-state index contributed by atoms with van der Waals surface area (Å²) in [6.07, 6.45) is -4.43. The molecule has 2 rings (SSSR count). The molecule has 6 heteroatoms. The van der Waals surface area contributed by atoms with Crippen LogP contribution in [0.2, 0.25) is 0 Å². The van der Waals surface area contributed by atoms with Gasteiger partial charge < -0.3 is 0 Å². The lowest BCUT2D eigenvalue weighted by Gasteiger charge is -2.35. The fraction of sp³-hybridized carbons (Fsp3) is 0.533. The second-order valence-electron chi connectivity index (χ2n) is 5.29. The van der Waals surface area contributed by atoms with Crippen molar-refractivity contribution < 1.29 is 13.2 Å². The van der Waals surface area contributed by atoms with E-state index in [0.29, 0.717) is 13.1 Å². The molecule has 1 atom stereocenters. The van der Waals surface area contributed by atoms with E-state index >= 15 is 0 Å². The van der Waals surface area contributed by atoms with Crippen LogP contribution in [0.3, 0.4) is 0 Å². The molecule has 1 heterocycles. The first-order chi connectivity index (χ1) is 9.99. The molecular weight excluding hydrogens is 279 g/mol. The molecule has 1 aliphatic rings. The summed E-state index contributed by atoms with van der Waals surface area (Å²) in [7, 11) is 0. The third-order valence-electron chi connectivity index (χ3n) is 3.71. The largest absolute Gasteiger partial charge is 0.405 e. The lowest BCUT2D eigenvalue weighted by molar-refractivity contribution is -0.164. The third kappa shape index (κ3) is 4.73. The highest BCUT2D eigenvalue weighted by atomic mass is 19.4. The third-order valence-corrected chi connectivity index (χ3v) is 3.71. The van der Waals surface area contributed by atoms with Crippen LogP contribution in [0.25, 0.3) is 0 Å². The van der Waals surface area contributed by atoms with Gasteiger partial charge in [0.2, 0.25) is 0 Å². The number of halogens is 3. The predicted molar refractivity (Wildman–Crippen MR) is 73.3 cm³/mol. The number of benzene rings is 1. The second-order valence-corrected chi connectivity index (χ2v) is 5.29. The molecule has 0 spiro atoms. The van der Waals surface area contributed by atoms with E-state index in [1.54, 1.807) is 4.90 Å². The van der Waals surface area contributed by atoms with Crippen molar-refractivity contribution in [2.45, 2.75) is 12.7 Å². The van der Waals surface area contributed by atoms with Gasteiger partial charge in [0.25, 0.3) is 0 Å². The minimum Gasteiger partial charge on any atom is -0.299 e. The van der Waals surface area contributed by atoms with E-state index in [9.17, 15) is 13.2 Å². The van der Waals surface area contributed by atoms with Crippen LogP contribution in [-0.2, 0) is 6.54 Å². The Morgan fingerprint density at radius 2 is 1.62 bits per heavy atom. The number of rotatable bonds is 4. The van der Waals surface area contributed by atoms with Gasteiger partial charge in [0.15, 0.2) is 5.92 Å². The van der Waals surface area contributed by atoms with Gasteiger partial charge in [-0.2, -0.15) is 18.4 Å². The first kappa shape index (κ1) is 15.8. The summed E-state index contributed by atoms with van der Waals surface area (Å²) in [5.41, 5.74) is 1.20. The molecule has 1 aliphatic heterocycles. The van der Waals surface area contributed by atoms with Gasteiger partial charge in [0.1, 0.15) is 0 Å². The van der Waals surface area contributed by atoms with Crippen LogP contribution in [0.15, 0.2) is 30.3 Å². The van der Waals surface area contributed by atoms with Crippen LogP contribution in [0, 0.1) is 17.2 Å². The Morgan fingerprint density at radius 3 is 2.14 bits per heavy atom. The number of nitrogens with zero attached hydrogens (tertiary/aromatic N) is 3. The molecule has 1 fully saturated rings. The normalized spacial score (nSPS) is 19.1. The fourth-order valence-electron chi connectivity index (χ4n) is 2.45. The summed E-state index contributed by atoms with van der Waals surface area (Å²) in [5.74, 6) is -1.89. The van der Waals surface area contributed by atoms with Crippen molar-refractivity contribution in [2.24, 2.45) is 5.92 Å². The zero-order valence-corrected chi connectivity index (χ0v) is 11.7. The van der Waals surface area contributed by atoms with Crippen molar-refractivity contribution in [3.8, 4) is 6.07 Å². The van der Waals surface area contributed by atoms with E-state index < -0.39 is 12.1 Å². The van der Waals surface area contributed by atoms with E-state index in [1.807, 2.05) is 30.3 Å². The Labute approximate surface area is 122 Å². The number of piperazine rings is 1. The molecule has 0 N–H and O–H groups in total. The molecule has 3 nitrogen and oxygen atoms in total. The zero-order chi connectivity index (χ0) is 15.3. The highest BCUT2D eigenvalue weighted by Crippen LogP contribution is 2.26. The number of alkyl halides is 3. The van der Waals surface area contributed by atoms with Crippen molar-refractivity contribution in [1.29, 1.82) is 5.26 Å². The molecule has 0 aliphatic carbocycles. The summed E-state index contributed by atoms with van der Waals surface area (Å²) in [6.45, 7) is 3.19. The quantitative estimate of drug-likeness (QED) is 0.855. The van der Waals surface area contributed by atoms with Crippen molar-refractivity contribution in [3.63, 3.8) is 0 Å². The topological polar surface area (TPSA) is 30.3 Å². The Kier molecular flexibility index (Phi) is 5.21. The lowest BCUT2D eigenvalue weighted by Crippen LogP contribution is -2.48. The van der Waals surface area contributed by atoms with Crippen LogP contribution in [-0.4, -0.2) is 48.7 Å². The van der Waals surface area contributed by atoms with E-state index in [2.05, 4.69) is 4.90 Å². The standard InChI is InChI=1S/C15H18F3N3/c16-15(17,18)14(10-19)12-21-8-6-20(7-9-21)11-13-4-2-1-3-5-13/h1-5,14H,6-9,11-12H2. The van der Waals surface area contributed by atoms with E-state index in [4.69, 9.17) is 5.26 Å². The van der Waals surface area contributed by atoms with Gasteiger partial charge in [-0.1, -0.05) is 30.3 Å². The molecule has 1 unspecified atom stereocenters. The molecule has 0 aromatic heterocycles. The molecular formula is C15H18F3N3. The van der Waals surface area contributed by atoms with Crippen LogP contribution in [0.4, 0.5) is 13.2 Å². The van der Waals surface area contributed by atoms with Gasteiger partial charge in [-0.05, 0) is 5.56 Å². The molecule has 0 radical (unpaired) electrons. The summed E-state index contributed by atoms with van der Waals surface area (Å²) in [6, 6.07) is 11.4. The van der Waals surface area contributed by atoms with Crippen LogP contribution >= 0.6 is 0 Å².